The van der Waals surface area contributed by atoms with Crippen molar-refractivity contribution < 1.29 is 4.74 Å². The molecule has 0 N–H and O–H groups in total. The summed E-state index contributed by atoms with van der Waals surface area (Å²) in [4.78, 5) is 19.4. The Balaban J connectivity index is 1.46. The first-order chi connectivity index (χ1) is 12.2. The molecule has 1 fully saturated rings. The fraction of sp³-hybridized carbons (Fsp3) is 0.438. The summed E-state index contributed by atoms with van der Waals surface area (Å²) < 4.78 is 8.37. The summed E-state index contributed by atoms with van der Waals surface area (Å²) in [5, 5.41) is 5.28. The van der Waals surface area contributed by atoms with Gasteiger partial charge in [0.05, 0.1) is 22.7 Å². The smallest absolute Gasteiger partial charge is 0.316 e. The maximum Gasteiger partial charge on any atom is 0.316 e. The van der Waals surface area contributed by atoms with Gasteiger partial charge >= 0.3 is 6.01 Å². The third-order valence-electron chi connectivity index (χ3n) is 4.37. The van der Waals surface area contributed by atoms with Crippen molar-refractivity contribution in [2.75, 3.05) is 24.6 Å². The minimum atomic E-state index is 0.405. The first-order valence-electron chi connectivity index (χ1n) is 8.18. The molecule has 1 saturated heterocycles. The zero-order chi connectivity index (χ0) is 17.2. The maximum absolute atomic E-state index is 5.76. The van der Waals surface area contributed by atoms with Gasteiger partial charge in [0.2, 0.25) is 0 Å². The minimum Gasteiger partial charge on any atom is -0.463 e. The summed E-state index contributed by atoms with van der Waals surface area (Å²) in [5.74, 6) is 1.35. The largest absolute Gasteiger partial charge is 0.463 e. The van der Waals surface area contributed by atoms with Crippen molar-refractivity contribution in [1.82, 2.24) is 29.7 Å². The van der Waals surface area contributed by atoms with Crippen LogP contribution in [0.4, 0.5) is 5.82 Å². The summed E-state index contributed by atoms with van der Waals surface area (Å²) in [6.07, 6.45) is 9.04. The van der Waals surface area contributed by atoms with Crippen LogP contribution in [-0.2, 0) is 7.05 Å². The number of hydrogen-bond acceptors (Lipinski definition) is 7. The van der Waals surface area contributed by atoms with Crippen molar-refractivity contribution in [1.29, 1.82) is 0 Å². The van der Waals surface area contributed by atoms with E-state index in [0.29, 0.717) is 18.5 Å². The highest BCUT2D eigenvalue weighted by atomic mass is 79.9. The molecule has 3 aromatic heterocycles. The Kier molecular flexibility index (Phi) is 4.48. The van der Waals surface area contributed by atoms with Crippen molar-refractivity contribution in [2.45, 2.75) is 12.8 Å². The predicted molar refractivity (Wildman–Crippen MR) is 96.5 cm³/mol. The average molecular weight is 404 g/mol. The molecule has 1 unspecified atom stereocenters. The van der Waals surface area contributed by atoms with E-state index < -0.39 is 0 Å². The molecule has 0 amide bonds. The van der Waals surface area contributed by atoms with E-state index in [1.165, 1.54) is 0 Å². The van der Waals surface area contributed by atoms with E-state index >= 15 is 0 Å². The number of anilines is 1. The molecular formula is C16H18BrN7O. The van der Waals surface area contributed by atoms with Gasteiger partial charge in [0.15, 0.2) is 5.65 Å². The molecule has 130 valence electrons. The van der Waals surface area contributed by atoms with E-state index in [-0.39, 0.29) is 0 Å². The summed E-state index contributed by atoms with van der Waals surface area (Å²) in [6, 6.07) is 0.414. The molecule has 0 aromatic carbocycles. The van der Waals surface area contributed by atoms with Crippen molar-refractivity contribution in [2.24, 2.45) is 13.0 Å². The highest BCUT2D eigenvalue weighted by Gasteiger charge is 2.24. The molecule has 9 heteroatoms. The molecule has 0 saturated carbocycles. The Morgan fingerprint density at radius 2 is 2.04 bits per heavy atom. The van der Waals surface area contributed by atoms with Crippen molar-refractivity contribution in [3.63, 3.8) is 0 Å². The Morgan fingerprint density at radius 1 is 1.20 bits per heavy atom. The second kappa shape index (κ2) is 6.91. The number of nitrogens with zero attached hydrogens (tertiary/aromatic N) is 7. The molecular weight excluding hydrogens is 386 g/mol. The van der Waals surface area contributed by atoms with Crippen LogP contribution >= 0.6 is 15.9 Å². The van der Waals surface area contributed by atoms with E-state index in [4.69, 9.17) is 4.74 Å². The van der Waals surface area contributed by atoms with Gasteiger partial charge in [-0.2, -0.15) is 5.10 Å². The van der Waals surface area contributed by atoms with Crippen LogP contribution in [0, 0.1) is 5.92 Å². The standard InChI is InChI=1S/C16H18BrN7O/c1-23-14-13(7-22-23)15(21-10-20-14)24-4-2-3-11(8-24)9-25-16-18-5-12(17)6-19-16/h5-7,10-11H,2-4,8-9H2,1H3. The second-order valence-corrected chi connectivity index (χ2v) is 7.07. The van der Waals surface area contributed by atoms with E-state index in [2.05, 4.69) is 45.9 Å². The fourth-order valence-electron chi connectivity index (χ4n) is 3.16. The van der Waals surface area contributed by atoms with E-state index in [9.17, 15) is 0 Å². The molecule has 4 rings (SSSR count). The van der Waals surface area contributed by atoms with Gasteiger partial charge in [0.1, 0.15) is 12.1 Å². The number of ether oxygens (including phenoxy) is 1. The van der Waals surface area contributed by atoms with Crippen LogP contribution in [-0.4, -0.2) is 49.4 Å². The number of hydrogen-bond donors (Lipinski definition) is 0. The summed E-state index contributed by atoms with van der Waals surface area (Å²) in [7, 11) is 1.89. The third kappa shape index (κ3) is 3.41. The van der Waals surface area contributed by atoms with Gasteiger partial charge in [-0.05, 0) is 28.8 Å². The molecule has 1 atom stereocenters. The van der Waals surface area contributed by atoms with Gasteiger partial charge in [-0.25, -0.2) is 19.9 Å². The van der Waals surface area contributed by atoms with Gasteiger partial charge in [0, 0.05) is 38.4 Å². The van der Waals surface area contributed by atoms with Crippen LogP contribution in [0.3, 0.4) is 0 Å². The number of aryl methyl sites for hydroxylation is 1. The molecule has 1 aliphatic heterocycles. The number of aromatic nitrogens is 6. The van der Waals surface area contributed by atoms with Crippen LogP contribution in [0.25, 0.3) is 11.0 Å². The Hall–Kier alpha value is -2.29. The lowest BCUT2D eigenvalue weighted by Crippen LogP contribution is -2.38. The highest BCUT2D eigenvalue weighted by Crippen LogP contribution is 2.27. The van der Waals surface area contributed by atoms with Gasteiger partial charge in [-0.15, -0.1) is 0 Å². The summed E-state index contributed by atoms with van der Waals surface area (Å²) in [6.45, 7) is 2.46. The monoisotopic (exact) mass is 403 g/mol. The molecule has 0 spiro atoms. The van der Waals surface area contributed by atoms with Gasteiger partial charge in [-0.3, -0.25) is 4.68 Å². The fourth-order valence-corrected chi connectivity index (χ4v) is 3.37. The number of fused-ring (bicyclic) bond motifs is 1. The molecule has 0 radical (unpaired) electrons. The minimum absolute atomic E-state index is 0.405. The molecule has 8 nitrogen and oxygen atoms in total. The topological polar surface area (TPSA) is 81.9 Å². The predicted octanol–water partition coefficient (Wildman–Crippen LogP) is 2.21. The van der Waals surface area contributed by atoms with Crippen LogP contribution in [0.5, 0.6) is 6.01 Å². The Bertz CT molecular complexity index is 867. The van der Waals surface area contributed by atoms with E-state index in [0.717, 1.165) is 47.3 Å². The molecule has 3 aromatic rings. The summed E-state index contributed by atoms with van der Waals surface area (Å²) in [5.41, 5.74) is 0.853. The highest BCUT2D eigenvalue weighted by molar-refractivity contribution is 9.10. The van der Waals surface area contributed by atoms with Crippen molar-refractivity contribution >= 4 is 32.8 Å². The third-order valence-corrected chi connectivity index (χ3v) is 4.78. The molecule has 0 aliphatic carbocycles. The van der Waals surface area contributed by atoms with E-state index in [1.54, 1.807) is 23.4 Å². The van der Waals surface area contributed by atoms with Crippen molar-refractivity contribution in [3.8, 4) is 6.01 Å². The Labute approximate surface area is 153 Å². The Morgan fingerprint density at radius 3 is 2.88 bits per heavy atom. The number of piperidine rings is 1. The van der Waals surface area contributed by atoms with Crippen LogP contribution in [0.15, 0.2) is 29.4 Å². The van der Waals surface area contributed by atoms with E-state index in [1.807, 2.05) is 13.2 Å². The molecule has 4 heterocycles. The average Bonchev–Trinajstić information content (AvgIpc) is 3.03. The van der Waals surface area contributed by atoms with Gasteiger partial charge < -0.3 is 9.64 Å². The van der Waals surface area contributed by atoms with Gasteiger partial charge in [0.25, 0.3) is 0 Å². The number of rotatable bonds is 4. The first-order valence-corrected chi connectivity index (χ1v) is 8.98. The van der Waals surface area contributed by atoms with Crippen LogP contribution in [0.2, 0.25) is 0 Å². The SMILES string of the molecule is Cn1ncc2c(N3CCCC(COc4ncc(Br)cn4)C3)ncnc21. The summed E-state index contributed by atoms with van der Waals surface area (Å²) >= 11 is 3.32. The lowest BCUT2D eigenvalue weighted by atomic mass is 9.99. The van der Waals surface area contributed by atoms with Gasteiger partial charge in [-0.1, -0.05) is 0 Å². The van der Waals surface area contributed by atoms with Crippen LogP contribution in [0.1, 0.15) is 12.8 Å². The lowest BCUT2D eigenvalue weighted by Gasteiger charge is -2.33. The quantitative estimate of drug-likeness (QED) is 0.660. The normalized spacial score (nSPS) is 17.8. The van der Waals surface area contributed by atoms with Crippen molar-refractivity contribution in [3.05, 3.63) is 29.4 Å². The molecule has 1 aliphatic rings. The van der Waals surface area contributed by atoms with Crippen LogP contribution < -0.4 is 9.64 Å². The molecule has 0 bridgehead atoms. The lowest BCUT2D eigenvalue weighted by molar-refractivity contribution is 0.214. The zero-order valence-electron chi connectivity index (χ0n) is 13.8. The first kappa shape index (κ1) is 16.2. The zero-order valence-corrected chi connectivity index (χ0v) is 15.4. The molecule has 25 heavy (non-hydrogen) atoms. The maximum atomic E-state index is 5.76. The number of halogens is 1. The second-order valence-electron chi connectivity index (χ2n) is 6.15.